The van der Waals surface area contributed by atoms with E-state index in [1.165, 1.54) is 8.61 Å². The molecule has 0 aromatic heterocycles. The smallest absolute Gasteiger partial charge is 0.195 e. The van der Waals surface area contributed by atoms with Crippen LogP contribution in [0.3, 0.4) is 0 Å². The van der Waals surface area contributed by atoms with Crippen molar-refractivity contribution in [3.05, 3.63) is 0 Å². The molecule has 1 saturated heterocycles. The Labute approximate surface area is 61.6 Å². The SMILES string of the molecule is CCN1CCN(C)S1(=O)=O. The summed E-state index contributed by atoms with van der Waals surface area (Å²) in [4.78, 5) is 0. The maximum absolute atomic E-state index is 11.2. The third-order valence-corrected chi connectivity index (χ3v) is 3.80. The molecule has 4 nitrogen and oxygen atoms in total. The van der Waals surface area contributed by atoms with E-state index in [-0.39, 0.29) is 0 Å². The van der Waals surface area contributed by atoms with Gasteiger partial charge in [0.2, 0.25) is 0 Å². The van der Waals surface area contributed by atoms with Crippen molar-refractivity contribution in [1.29, 1.82) is 0 Å². The normalized spacial score (nSPS) is 27.4. The molecule has 5 heteroatoms. The zero-order chi connectivity index (χ0) is 7.78. The molecular weight excluding hydrogens is 152 g/mol. The standard InChI is InChI=1S/C5H12N2O2S/c1-3-7-5-4-6(2)10(7,8)9/h3-5H2,1-2H3. The van der Waals surface area contributed by atoms with Crippen molar-refractivity contribution in [2.24, 2.45) is 0 Å². The second-order valence-corrected chi connectivity index (χ2v) is 4.36. The summed E-state index contributed by atoms with van der Waals surface area (Å²) in [6, 6.07) is 0. The van der Waals surface area contributed by atoms with Crippen LogP contribution in [0.25, 0.3) is 0 Å². The third kappa shape index (κ3) is 1.04. The largest absolute Gasteiger partial charge is 0.281 e. The summed E-state index contributed by atoms with van der Waals surface area (Å²) in [7, 11) is -1.45. The molecule has 0 unspecified atom stereocenters. The van der Waals surface area contributed by atoms with Crippen LogP contribution in [-0.2, 0) is 10.2 Å². The van der Waals surface area contributed by atoms with Gasteiger partial charge in [0.05, 0.1) is 0 Å². The molecule has 0 N–H and O–H groups in total. The van der Waals surface area contributed by atoms with Crippen LogP contribution in [0, 0.1) is 0 Å². The Bertz CT molecular complexity index is 212. The lowest BCUT2D eigenvalue weighted by Gasteiger charge is -2.12. The lowest BCUT2D eigenvalue weighted by Crippen LogP contribution is -2.30. The highest BCUT2D eigenvalue weighted by atomic mass is 32.2. The second kappa shape index (κ2) is 2.48. The minimum atomic E-state index is -3.05. The van der Waals surface area contributed by atoms with Crippen LogP contribution in [0.1, 0.15) is 6.92 Å². The third-order valence-electron chi connectivity index (χ3n) is 1.74. The quantitative estimate of drug-likeness (QED) is 0.524. The summed E-state index contributed by atoms with van der Waals surface area (Å²) in [6.07, 6.45) is 0. The number of nitrogens with zero attached hydrogens (tertiary/aromatic N) is 2. The molecule has 1 fully saturated rings. The van der Waals surface area contributed by atoms with Gasteiger partial charge in [0.25, 0.3) is 10.2 Å². The monoisotopic (exact) mass is 164 g/mol. The minimum Gasteiger partial charge on any atom is -0.195 e. The predicted octanol–water partition coefficient (Wildman–Crippen LogP) is -0.502. The average molecular weight is 164 g/mol. The molecule has 60 valence electrons. The zero-order valence-corrected chi connectivity index (χ0v) is 7.06. The molecule has 0 radical (unpaired) electrons. The van der Waals surface area contributed by atoms with Crippen molar-refractivity contribution in [3.8, 4) is 0 Å². The van der Waals surface area contributed by atoms with Crippen LogP contribution in [0.2, 0.25) is 0 Å². The summed E-state index contributed by atoms with van der Waals surface area (Å²) in [5.41, 5.74) is 0. The predicted molar refractivity (Wildman–Crippen MR) is 38.8 cm³/mol. The molecule has 1 aliphatic rings. The highest BCUT2D eigenvalue weighted by molar-refractivity contribution is 7.86. The van der Waals surface area contributed by atoms with Crippen LogP contribution in [0.4, 0.5) is 0 Å². The van der Waals surface area contributed by atoms with Crippen molar-refractivity contribution in [2.45, 2.75) is 6.92 Å². The molecule has 1 rings (SSSR count). The van der Waals surface area contributed by atoms with Crippen molar-refractivity contribution in [1.82, 2.24) is 8.61 Å². The fourth-order valence-corrected chi connectivity index (χ4v) is 2.35. The first-order valence-corrected chi connectivity index (χ1v) is 4.70. The number of likely N-dealkylation sites (N-methyl/N-ethyl adjacent to an activating group) is 2. The fourth-order valence-electron chi connectivity index (χ4n) is 1.00. The Balaban J connectivity index is 2.85. The maximum Gasteiger partial charge on any atom is 0.281 e. The van der Waals surface area contributed by atoms with Crippen LogP contribution in [0.5, 0.6) is 0 Å². The Morgan fingerprint density at radius 3 is 2.20 bits per heavy atom. The summed E-state index contributed by atoms with van der Waals surface area (Å²) in [5.74, 6) is 0. The Kier molecular flexibility index (Phi) is 1.98. The van der Waals surface area contributed by atoms with Crippen LogP contribution < -0.4 is 0 Å². The van der Waals surface area contributed by atoms with E-state index in [4.69, 9.17) is 0 Å². The molecule has 0 aromatic rings. The number of hydrogen-bond acceptors (Lipinski definition) is 2. The van der Waals surface area contributed by atoms with Gasteiger partial charge >= 0.3 is 0 Å². The molecule has 0 atom stereocenters. The van der Waals surface area contributed by atoms with Crippen LogP contribution in [0.15, 0.2) is 0 Å². The molecule has 0 saturated carbocycles. The maximum atomic E-state index is 11.2. The number of hydrogen-bond donors (Lipinski definition) is 0. The van der Waals surface area contributed by atoms with Gasteiger partial charge in [-0.2, -0.15) is 17.0 Å². The van der Waals surface area contributed by atoms with Crippen molar-refractivity contribution in [3.63, 3.8) is 0 Å². The molecule has 0 spiro atoms. The zero-order valence-electron chi connectivity index (χ0n) is 6.24. The molecule has 1 aliphatic heterocycles. The molecule has 0 aliphatic carbocycles. The highest BCUT2D eigenvalue weighted by Gasteiger charge is 2.31. The highest BCUT2D eigenvalue weighted by Crippen LogP contribution is 2.12. The first-order valence-electron chi connectivity index (χ1n) is 3.30. The van der Waals surface area contributed by atoms with Gasteiger partial charge in [-0.15, -0.1) is 0 Å². The lowest BCUT2D eigenvalue weighted by molar-refractivity contribution is 0.466. The van der Waals surface area contributed by atoms with Gasteiger partial charge in [-0.25, -0.2) is 0 Å². The van der Waals surface area contributed by atoms with Crippen molar-refractivity contribution >= 4 is 10.2 Å². The van der Waals surface area contributed by atoms with E-state index < -0.39 is 10.2 Å². The topological polar surface area (TPSA) is 40.6 Å². The van der Waals surface area contributed by atoms with Crippen LogP contribution in [-0.4, -0.2) is 43.7 Å². The Hall–Kier alpha value is -0.130. The lowest BCUT2D eigenvalue weighted by atomic mass is 10.6. The Morgan fingerprint density at radius 2 is 2.00 bits per heavy atom. The number of rotatable bonds is 1. The van der Waals surface area contributed by atoms with E-state index in [2.05, 4.69) is 0 Å². The first-order chi connectivity index (χ1) is 4.59. The fraction of sp³-hybridized carbons (Fsp3) is 1.00. The van der Waals surface area contributed by atoms with Gasteiger partial charge in [-0.1, -0.05) is 6.92 Å². The summed E-state index contributed by atoms with van der Waals surface area (Å²) in [6.45, 7) is 3.68. The van der Waals surface area contributed by atoms with Gasteiger partial charge in [0, 0.05) is 26.7 Å². The van der Waals surface area contributed by atoms with Crippen LogP contribution >= 0.6 is 0 Å². The van der Waals surface area contributed by atoms with Crippen molar-refractivity contribution in [2.75, 3.05) is 26.7 Å². The van der Waals surface area contributed by atoms with Gasteiger partial charge < -0.3 is 0 Å². The van der Waals surface area contributed by atoms with E-state index >= 15 is 0 Å². The molecule has 0 bridgehead atoms. The minimum absolute atomic E-state index is 0.576. The van der Waals surface area contributed by atoms with E-state index in [9.17, 15) is 8.42 Å². The Morgan fingerprint density at radius 1 is 1.40 bits per heavy atom. The van der Waals surface area contributed by atoms with E-state index in [0.717, 1.165) is 0 Å². The molecule has 1 heterocycles. The van der Waals surface area contributed by atoms with E-state index in [0.29, 0.717) is 19.6 Å². The average Bonchev–Trinajstić information content (AvgIpc) is 2.10. The second-order valence-electron chi connectivity index (χ2n) is 2.32. The summed E-state index contributed by atoms with van der Waals surface area (Å²) < 4.78 is 25.2. The van der Waals surface area contributed by atoms with Gasteiger partial charge in [-0.3, -0.25) is 0 Å². The first kappa shape index (κ1) is 7.97. The molecule has 10 heavy (non-hydrogen) atoms. The summed E-state index contributed by atoms with van der Waals surface area (Å²) >= 11 is 0. The molecule has 0 amide bonds. The van der Waals surface area contributed by atoms with Gasteiger partial charge in [0.1, 0.15) is 0 Å². The van der Waals surface area contributed by atoms with E-state index in [1.54, 1.807) is 7.05 Å². The molecular formula is C5H12N2O2S. The van der Waals surface area contributed by atoms with Crippen molar-refractivity contribution < 1.29 is 8.42 Å². The summed E-state index contributed by atoms with van der Waals surface area (Å²) in [5, 5.41) is 0. The van der Waals surface area contributed by atoms with Gasteiger partial charge in [-0.05, 0) is 0 Å². The van der Waals surface area contributed by atoms with Gasteiger partial charge in [0.15, 0.2) is 0 Å². The van der Waals surface area contributed by atoms with E-state index in [1.807, 2.05) is 6.92 Å². The molecule has 0 aromatic carbocycles.